The predicted molar refractivity (Wildman–Crippen MR) is 126 cm³/mol. The van der Waals surface area contributed by atoms with Gasteiger partial charge in [-0.1, -0.05) is 11.6 Å². The van der Waals surface area contributed by atoms with Crippen molar-refractivity contribution in [3.63, 3.8) is 0 Å². The van der Waals surface area contributed by atoms with Crippen molar-refractivity contribution >= 4 is 53.1 Å². The maximum atomic E-state index is 11.7. The predicted octanol–water partition coefficient (Wildman–Crippen LogP) is 2.63. The van der Waals surface area contributed by atoms with E-state index in [1.54, 1.807) is 14.2 Å². The molecule has 3 N–H and O–H groups in total. The van der Waals surface area contributed by atoms with Crippen LogP contribution in [0.2, 0.25) is 5.02 Å². The molecular weight excluding hydrogens is 493 g/mol. The van der Waals surface area contributed by atoms with Crippen LogP contribution < -0.4 is 25.6 Å². The number of carbonyl (C=O) groups is 1. The molecule has 1 aliphatic heterocycles. The van der Waals surface area contributed by atoms with Gasteiger partial charge in [-0.3, -0.25) is 9.79 Å². The molecule has 158 valence electrons. The first-order chi connectivity index (χ1) is 12.9. The first kappa shape index (κ1) is 24.6. The molecule has 1 aromatic carbocycles. The Bertz CT molecular complexity index is 672. The number of ether oxygens (including phenoxy) is 1. The molecule has 0 spiro atoms. The summed E-state index contributed by atoms with van der Waals surface area (Å²) in [5.74, 6) is 1.56. The zero-order chi connectivity index (χ0) is 19.8. The van der Waals surface area contributed by atoms with Gasteiger partial charge >= 0.3 is 0 Å². The summed E-state index contributed by atoms with van der Waals surface area (Å²) in [7, 11) is 3.40. The van der Waals surface area contributed by atoms with Crippen LogP contribution in [0.1, 0.15) is 26.7 Å². The lowest BCUT2D eigenvalue weighted by molar-refractivity contribution is -0.121. The fraction of sp³-hybridized carbons (Fsp3) is 0.579. The summed E-state index contributed by atoms with van der Waals surface area (Å²) >= 11 is 6.15. The van der Waals surface area contributed by atoms with E-state index in [1.165, 1.54) is 0 Å². The van der Waals surface area contributed by atoms with Crippen molar-refractivity contribution in [3.8, 4) is 5.75 Å². The molecular formula is C19H31ClIN5O2. The molecule has 1 amide bonds. The fourth-order valence-corrected chi connectivity index (χ4v) is 3.25. The van der Waals surface area contributed by atoms with Gasteiger partial charge in [0.2, 0.25) is 5.91 Å². The Hall–Kier alpha value is -1.42. The number of methoxy groups -OCH3 is 1. The van der Waals surface area contributed by atoms with Crippen LogP contribution in [0.3, 0.4) is 0 Å². The smallest absolute Gasteiger partial charge is 0.221 e. The van der Waals surface area contributed by atoms with Gasteiger partial charge in [0.25, 0.3) is 0 Å². The lowest BCUT2D eigenvalue weighted by atomic mass is 10.2. The summed E-state index contributed by atoms with van der Waals surface area (Å²) in [6.45, 7) is 6.17. The summed E-state index contributed by atoms with van der Waals surface area (Å²) in [5.41, 5.74) is 1.00. The van der Waals surface area contributed by atoms with Crippen LogP contribution in [0.5, 0.6) is 5.75 Å². The zero-order valence-electron chi connectivity index (χ0n) is 16.9. The second-order valence-electron chi connectivity index (χ2n) is 6.86. The number of hydrogen-bond donors (Lipinski definition) is 3. The highest BCUT2D eigenvalue weighted by molar-refractivity contribution is 14.0. The van der Waals surface area contributed by atoms with E-state index in [9.17, 15) is 4.79 Å². The quantitative estimate of drug-likeness (QED) is 0.291. The van der Waals surface area contributed by atoms with Crippen molar-refractivity contribution in [2.24, 2.45) is 4.99 Å². The van der Waals surface area contributed by atoms with Crippen molar-refractivity contribution in [2.75, 3.05) is 38.7 Å². The Kier molecular flexibility index (Phi) is 10.7. The van der Waals surface area contributed by atoms with Gasteiger partial charge in [-0.05, 0) is 38.5 Å². The molecule has 28 heavy (non-hydrogen) atoms. The Morgan fingerprint density at radius 2 is 2.18 bits per heavy atom. The summed E-state index contributed by atoms with van der Waals surface area (Å²) in [6, 6.07) is 6.06. The number of halogens is 2. The van der Waals surface area contributed by atoms with Gasteiger partial charge in [-0.2, -0.15) is 0 Å². The molecule has 9 heteroatoms. The van der Waals surface area contributed by atoms with E-state index in [1.807, 2.05) is 32.0 Å². The summed E-state index contributed by atoms with van der Waals surface area (Å²) in [5, 5.41) is 10.2. The number of nitrogens with one attached hydrogen (secondary N) is 3. The third-order valence-corrected chi connectivity index (χ3v) is 4.56. The van der Waals surface area contributed by atoms with Gasteiger partial charge in [-0.15, -0.1) is 24.0 Å². The van der Waals surface area contributed by atoms with Gasteiger partial charge in [0.1, 0.15) is 5.75 Å². The van der Waals surface area contributed by atoms with Crippen LogP contribution in [0.15, 0.2) is 23.2 Å². The molecule has 0 saturated carbocycles. The van der Waals surface area contributed by atoms with E-state index >= 15 is 0 Å². The third-order valence-electron chi connectivity index (χ3n) is 4.33. The molecule has 1 heterocycles. The summed E-state index contributed by atoms with van der Waals surface area (Å²) in [6.07, 6.45) is 1.39. The maximum absolute atomic E-state index is 11.7. The van der Waals surface area contributed by atoms with Crippen LogP contribution in [0.4, 0.5) is 5.69 Å². The number of hydrogen-bond acceptors (Lipinski definition) is 4. The molecule has 1 aromatic rings. The SMILES string of the molecule is CN=C(NCCC(=O)NC(C)C)NC1CCN(c2cc(Cl)ccc2OC)C1.I. The lowest BCUT2D eigenvalue weighted by Gasteiger charge is -2.22. The number of benzene rings is 1. The largest absolute Gasteiger partial charge is 0.495 e. The molecule has 1 atom stereocenters. The average Bonchev–Trinajstić information content (AvgIpc) is 3.08. The number of anilines is 1. The Morgan fingerprint density at radius 3 is 2.82 bits per heavy atom. The number of aliphatic imine (C=N–C) groups is 1. The first-order valence-corrected chi connectivity index (χ1v) is 9.65. The molecule has 1 fully saturated rings. The number of carbonyl (C=O) groups excluding carboxylic acids is 1. The average molecular weight is 524 g/mol. The van der Waals surface area contributed by atoms with E-state index in [0.29, 0.717) is 23.9 Å². The molecule has 1 unspecified atom stereocenters. The topological polar surface area (TPSA) is 78.0 Å². The molecule has 1 saturated heterocycles. The van der Waals surface area contributed by atoms with E-state index in [-0.39, 0.29) is 42.0 Å². The van der Waals surface area contributed by atoms with E-state index in [0.717, 1.165) is 30.9 Å². The third kappa shape index (κ3) is 7.54. The minimum absolute atomic E-state index is 0. The van der Waals surface area contributed by atoms with Crippen LogP contribution >= 0.6 is 35.6 Å². The highest BCUT2D eigenvalue weighted by Crippen LogP contribution is 2.33. The standard InChI is InChI=1S/C19H30ClN5O2.HI/c1-13(2)23-18(26)7-9-22-19(21-3)24-15-8-10-25(12-15)16-11-14(20)5-6-17(16)27-4;/h5-6,11,13,15H,7-10,12H2,1-4H3,(H,23,26)(H2,21,22,24);1H. The van der Waals surface area contributed by atoms with Gasteiger partial charge in [0.05, 0.1) is 12.8 Å². The molecule has 1 aliphatic rings. The Labute approximate surface area is 189 Å². The Morgan fingerprint density at radius 1 is 1.43 bits per heavy atom. The second kappa shape index (κ2) is 12.2. The zero-order valence-corrected chi connectivity index (χ0v) is 20.0. The second-order valence-corrected chi connectivity index (χ2v) is 7.30. The first-order valence-electron chi connectivity index (χ1n) is 9.28. The van der Waals surface area contributed by atoms with Gasteiger partial charge in [0.15, 0.2) is 5.96 Å². The molecule has 2 rings (SSSR count). The van der Waals surface area contributed by atoms with Gasteiger partial charge in [-0.25, -0.2) is 0 Å². The molecule has 0 radical (unpaired) electrons. The summed E-state index contributed by atoms with van der Waals surface area (Å²) in [4.78, 5) is 18.2. The highest BCUT2D eigenvalue weighted by atomic mass is 127. The minimum atomic E-state index is 0. The maximum Gasteiger partial charge on any atom is 0.221 e. The van der Waals surface area contributed by atoms with Crippen molar-refractivity contribution in [3.05, 3.63) is 23.2 Å². The number of guanidine groups is 1. The van der Waals surface area contributed by atoms with Crippen molar-refractivity contribution in [1.82, 2.24) is 16.0 Å². The normalized spacial score (nSPS) is 16.6. The van der Waals surface area contributed by atoms with Gasteiger partial charge in [0, 0.05) is 50.2 Å². The van der Waals surface area contributed by atoms with Crippen LogP contribution in [0, 0.1) is 0 Å². The number of nitrogens with zero attached hydrogens (tertiary/aromatic N) is 2. The van der Waals surface area contributed by atoms with Crippen molar-refractivity contribution < 1.29 is 9.53 Å². The monoisotopic (exact) mass is 523 g/mol. The van der Waals surface area contributed by atoms with Crippen molar-refractivity contribution in [1.29, 1.82) is 0 Å². The lowest BCUT2D eigenvalue weighted by Crippen LogP contribution is -2.45. The number of amides is 1. The molecule has 7 nitrogen and oxygen atoms in total. The minimum Gasteiger partial charge on any atom is -0.495 e. The molecule has 0 bridgehead atoms. The fourth-order valence-electron chi connectivity index (χ4n) is 3.08. The highest BCUT2D eigenvalue weighted by Gasteiger charge is 2.25. The summed E-state index contributed by atoms with van der Waals surface area (Å²) < 4.78 is 5.46. The molecule has 0 aromatic heterocycles. The van der Waals surface area contributed by atoms with E-state index in [2.05, 4.69) is 25.8 Å². The van der Waals surface area contributed by atoms with Crippen LogP contribution in [-0.2, 0) is 4.79 Å². The van der Waals surface area contributed by atoms with E-state index < -0.39 is 0 Å². The van der Waals surface area contributed by atoms with E-state index in [4.69, 9.17) is 16.3 Å². The van der Waals surface area contributed by atoms with Gasteiger partial charge < -0.3 is 25.6 Å². The molecule has 0 aliphatic carbocycles. The Balaban J connectivity index is 0.00000392. The van der Waals surface area contributed by atoms with Crippen molar-refractivity contribution in [2.45, 2.75) is 38.8 Å². The van der Waals surface area contributed by atoms with Crippen LogP contribution in [0.25, 0.3) is 0 Å². The number of rotatable bonds is 7. The van der Waals surface area contributed by atoms with Crippen LogP contribution in [-0.4, -0.2) is 57.7 Å².